The number of carbonyl (C=O) groups excluding carboxylic acids is 1. The predicted molar refractivity (Wildman–Crippen MR) is 97.2 cm³/mol. The van der Waals surface area contributed by atoms with E-state index in [4.69, 9.17) is 4.74 Å². The molecule has 0 unspecified atom stereocenters. The first-order valence-electron chi connectivity index (χ1n) is 8.55. The summed E-state index contributed by atoms with van der Waals surface area (Å²) >= 11 is 0. The Morgan fingerprint density at radius 3 is 2.60 bits per heavy atom. The number of nitrogens with one attached hydrogen (secondary N) is 1. The van der Waals surface area contributed by atoms with Crippen molar-refractivity contribution in [3.05, 3.63) is 42.1 Å². The van der Waals surface area contributed by atoms with E-state index in [1.165, 1.54) is 12.8 Å². The summed E-state index contributed by atoms with van der Waals surface area (Å²) in [4.78, 5) is 17.0. The first-order chi connectivity index (χ1) is 12.2. The number of piperazine rings is 1. The van der Waals surface area contributed by atoms with Crippen molar-refractivity contribution in [3.63, 3.8) is 0 Å². The van der Waals surface area contributed by atoms with Gasteiger partial charge in [-0.15, -0.1) is 5.10 Å². The molecule has 3 rings (SSSR count). The number of rotatable bonds is 6. The van der Waals surface area contributed by atoms with E-state index < -0.39 is 0 Å². The molecule has 0 bridgehead atoms. The van der Waals surface area contributed by atoms with Gasteiger partial charge in [-0.25, -0.2) is 0 Å². The zero-order valence-corrected chi connectivity index (χ0v) is 14.8. The average Bonchev–Trinajstić information content (AvgIpc) is 3.04. The van der Waals surface area contributed by atoms with Crippen molar-refractivity contribution in [2.45, 2.75) is 0 Å². The van der Waals surface area contributed by atoms with Gasteiger partial charge in [-0.1, -0.05) is 18.2 Å². The maximum Gasteiger partial charge on any atom is 0.258 e. The van der Waals surface area contributed by atoms with Crippen molar-refractivity contribution in [3.8, 4) is 5.88 Å². The van der Waals surface area contributed by atoms with Crippen LogP contribution in [0.1, 0.15) is 10.4 Å². The summed E-state index contributed by atoms with van der Waals surface area (Å²) in [6.07, 6.45) is 1.67. The molecule has 0 atom stereocenters. The molecule has 0 aliphatic carbocycles. The van der Waals surface area contributed by atoms with Crippen LogP contribution in [0.2, 0.25) is 0 Å². The Balaban J connectivity index is 1.42. The molecule has 1 aromatic heterocycles. The summed E-state index contributed by atoms with van der Waals surface area (Å²) in [5.41, 5.74) is 1.75. The van der Waals surface area contributed by atoms with Crippen LogP contribution in [0, 0.1) is 0 Å². The third-order valence-corrected chi connectivity index (χ3v) is 4.44. The fourth-order valence-corrected chi connectivity index (χ4v) is 3.07. The molecule has 25 heavy (non-hydrogen) atoms. The van der Waals surface area contributed by atoms with E-state index in [0.717, 1.165) is 32.7 Å². The van der Waals surface area contributed by atoms with Gasteiger partial charge in [-0.2, -0.15) is 0 Å². The number of ether oxygens (including phenoxy) is 1. The number of aryl methyl sites for hydroxylation is 1. The van der Waals surface area contributed by atoms with Crippen LogP contribution < -0.4 is 15.0 Å². The lowest BCUT2D eigenvalue weighted by Gasteiger charge is -2.36. The Labute approximate surface area is 148 Å². The molecular weight excluding hydrogens is 318 g/mol. The zero-order chi connectivity index (χ0) is 17.6. The topological polar surface area (TPSA) is 62.6 Å². The van der Waals surface area contributed by atoms with Gasteiger partial charge < -0.3 is 15.0 Å². The van der Waals surface area contributed by atoms with E-state index >= 15 is 0 Å². The van der Waals surface area contributed by atoms with Crippen LogP contribution in [0.4, 0.5) is 5.69 Å². The summed E-state index contributed by atoms with van der Waals surface area (Å²) < 4.78 is 6.71. The molecule has 1 saturated heterocycles. The Morgan fingerprint density at radius 2 is 1.92 bits per heavy atom. The second kappa shape index (κ2) is 8.02. The number of methoxy groups -OCH3 is 1. The van der Waals surface area contributed by atoms with Crippen molar-refractivity contribution in [2.75, 3.05) is 51.3 Å². The quantitative estimate of drug-likeness (QED) is 0.847. The largest absolute Gasteiger partial charge is 0.479 e. The molecule has 1 amide bonds. The number of amides is 1. The van der Waals surface area contributed by atoms with Gasteiger partial charge in [0, 0.05) is 58.2 Å². The Bertz CT molecular complexity index is 693. The van der Waals surface area contributed by atoms with E-state index in [0.29, 0.717) is 18.0 Å². The van der Waals surface area contributed by atoms with Crippen LogP contribution >= 0.6 is 0 Å². The summed E-state index contributed by atoms with van der Waals surface area (Å²) in [5.74, 6) is 0.212. The number of aromatic nitrogens is 2. The summed E-state index contributed by atoms with van der Waals surface area (Å²) in [6.45, 7) is 5.48. The third kappa shape index (κ3) is 4.30. The summed E-state index contributed by atoms with van der Waals surface area (Å²) in [7, 11) is 3.29. The van der Waals surface area contributed by atoms with Crippen LogP contribution in [0.15, 0.2) is 36.5 Å². The molecule has 7 heteroatoms. The van der Waals surface area contributed by atoms with Gasteiger partial charge in [0.1, 0.15) is 5.56 Å². The minimum absolute atomic E-state index is 0.145. The van der Waals surface area contributed by atoms with Crippen LogP contribution in [0.3, 0.4) is 0 Å². The van der Waals surface area contributed by atoms with Crippen molar-refractivity contribution in [1.82, 2.24) is 20.0 Å². The molecule has 2 heterocycles. The first-order valence-corrected chi connectivity index (χ1v) is 8.55. The monoisotopic (exact) mass is 343 g/mol. The van der Waals surface area contributed by atoms with Crippen molar-refractivity contribution in [2.24, 2.45) is 7.05 Å². The van der Waals surface area contributed by atoms with E-state index in [-0.39, 0.29) is 5.91 Å². The fraction of sp³-hybridized carbons (Fsp3) is 0.444. The number of benzene rings is 1. The van der Waals surface area contributed by atoms with Gasteiger partial charge in [0.15, 0.2) is 0 Å². The van der Waals surface area contributed by atoms with E-state index in [1.807, 2.05) is 6.07 Å². The lowest BCUT2D eigenvalue weighted by Crippen LogP contribution is -2.48. The van der Waals surface area contributed by atoms with Crippen LogP contribution in [-0.4, -0.2) is 67.0 Å². The number of anilines is 1. The van der Waals surface area contributed by atoms with Crippen molar-refractivity contribution >= 4 is 11.6 Å². The average molecular weight is 343 g/mol. The zero-order valence-electron chi connectivity index (χ0n) is 14.8. The van der Waals surface area contributed by atoms with Crippen LogP contribution in [-0.2, 0) is 7.05 Å². The molecule has 0 radical (unpaired) electrons. The molecule has 0 saturated carbocycles. The minimum atomic E-state index is -0.145. The molecule has 2 aromatic rings. The maximum absolute atomic E-state index is 12.2. The highest BCUT2D eigenvalue weighted by Crippen LogP contribution is 2.16. The Kier molecular flexibility index (Phi) is 5.55. The van der Waals surface area contributed by atoms with Gasteiger partial charge in [0.2, 0.25) is 5.88 Å². The molecule has 1 aliphatic heterocycles. The standard InChI is InChI=1S/C18H25N5O2/c1-21-14-16(18(20-21)25-2)17(24)19-8-9-22-10-12-23(13-11-22)15-6-4-3-5-7-15/h3-7,14H,8-13H2,1-2H3,(H,19,24). The minimum Gasteiger partial charge on any atom is -0.479 e. The molecule has 1 aromatic carbocycles. The van der Waals surface area contributed by atoms with Crippen molar-refractivity contribution in [1.29, 1.82) is 0 Å². The summed E-state index contributed by atoms with van der Waals surface area (Å²) in [5, 5.41) is 7.05. The van der Waals surface area contributed by atoms with Gasteiger partial charge >= 0.3 is 0 Å². The van der Waals surface area contributed by atoms with Gasteiger partial charge in [-0.05, 0) is 12.1 Å². The lowest BCUT2D eigenvalue weighted by atomic mass is 10.2. The molecule has 1 aliphatic rings. The molecule has 0 spiro atoms. The highest BCUT2D eigenvalue weighted by atomic mass is 16.5. The molecule has 1 N–H and O–H groups in total. The molecular formula is C18H25N5O2. The summed E-state index contributed by atoms with van der Waals surface area (Å²) in [6, 6.07) is 10.5. The number of nitrogens with zero attached hydrogens (tertiary/aromatic N) is 4. The van der Waals surface area contributed by atoms with Crippen LogP contribution in [0.5, 0.6) is 5.88 Å². The van der Waals surface area contributed by atoms with E-state index in [9.17, 15) is 4.79 Å². The SMILES string of the molecule is COc1nn(C)cc1C(=O)NCCN1CCN(c2ccccc2)CC1. The number of carbonyl (C=O) groups is 1. The highest BCUT2D eigenvalue weighted by molar-refractivity contribution is 5.96. The van der Waals surface area contributed by atoms with E-state index in [2.05, 4.69) is 44.5 Å². The van der Waals surface area contributed by atoms with Crippen LogP contribution in [0.25, 0.3) is 0 Å². The number of para-hydroxylation sites is 1. The Hall–Kier alpha value is -2.54. The Morgan fingerprint density at radius 1 is 1.20 bits per heavy atom. The lowest BCUT2D eigenvalue weighted by molar-refractivity contribution is 0.0944. The second-order valence-corrected chi connectivity index (χ2v) is 6.15. The molecule has 7 nitrogen and oxygen atoms in total. The fourth-order valence-electron chi connectivity index (χ4n) is 3.07. The second-order valence-electron chi connectivity index (χ2n) is 6.15. The molecule has 134 valence electrons. The number of hydrogen-bond donors (Lipinski definition) is 1. The normalized spacial score (nSPS) is 15.2. The highest BCUT2D eigenvalue weighted by Gasteiger charge is 2.18. The first kappa shape index (κ1) is 17.3. The third-order valence-electron chi connectivity index (χ3n) is 4.44. The maximum atomic E-state index is 12.2. The smallest absolute Gasteiger partial charge is 0.258 e. The van der Waals surface area contributed by atoms with Gasteiger partial charge in [0.25, 0.3) is 5.91 Å². The van der Waals surface area contributed by atoms with Crippen molar-refractivity contribution < 1.29 is 9.53 Å². The van der Waals surface area contributed by atoms with Gasteiger partial charge in [-0.3, -0.25) is 14.4 Å². The predicted octanol–water partition coefficient (Wildman–Crippen LogP) is 0.981. The van der Waals surface area contributed by atoms with E-state index in [1.54, 1.807) is 17.9 Å². The van der Waals surface area contributed by atoms with Gasteiger partial charge in [0.05, 0.1) is 7.11 Å². The number of hydrogen-bond acceptors (Lipinski definition) is 5. The molecule has 1 fully saturated rings.